The van der Waals surface area contributed by atoms with Gasteiger partial charge in [-0.2, -0.15) is 0 Å². The number of hydrogen-bond donors (Lipinski definition) is 1. The van der Waals surface area contributed by atoms with Crippen molar-refractivity contribution in [3.63, 3.8) is 0 Å². The molecule has 0 radical (unpaired) electrons. The minimum atomic E-state index is -0.0813. The molecular formula is C19H20ClN3OS. The van der Waals surface area contributed by atoms with E-state index in [2.05, 4.69) is 39.3 Å². The first kappa shape index (κ1) is 18.1. The third-order valence-corrected chi connectivity index (χ3v) is 5.41. The van der Waals surface area contributed by atoms with Crippen molar-refractivity contribution in [2.24, 2.45) is 10.9 Å². The van der Waals surface area contributed by atoms with Gasteiger partial charge < -0.3 is 5.32 Å². The molecule has 2 aliphatic heterocycles. The summed E-state index contributed by atoms with van der Waals surface area (Å²) in [6.45, 7) is 3.32. The van der Waals surface area contributed by atoms with Crippen LogP contribution in [0, 0.1) is 18.3 Å². The number of piperidine rings is 1. The summed E-state index contributed by atoms with van der Waals surface area (Å²) in [4.78, 5) is 19.2. The van der Waals surface area contributed by atoms with E-state index < -0.39 is 0 Å². The van der Waals surface area contributed by atoms with Crippen LogP contribution in [0.25, 0.3) is 0 Å². The number of carbonyl (C=O) groups excluding carboxylic acids is 1. The summed E-state index contributed by atoms with van der Waals surface area (Å²) >= 11 is 7.14. The second-order valence-electron chi connectivity index (χ2n) is 6.15. The topological polar surface area (TPSA) is 44.7 Å². The molecule has 2 fully saturated rings. The number of hydrogen-bond acceptors (Lipinski definition) is 4. The monoisotopic (exact) mass is 373 g/mol. The smallest absolute Gasteiger partial charge is 0.289 e. The molecule has 2 heterocycles. The quantitative estimate of drug-likeness (QED) is 0.813. The van der Waals surface area contributed by atoms with Crippen molar-refractivity contribution in [2.75, 3.05) is 19.6 Å². The fourth-order valence-corrected chi connectivity index (χ4v) is 3.97. The van der Waals surface area contributed by atoms with E-state index in [0.29, 0.717) is 11.8 Å². The number of likely N-dealkylation sites (tertiary alicyclic amines) is 1. The Labute approximate surface area is 157 Å². The van der Waals surface area contributed by atoms with E-state index in [9.17, 15) is 4.79 Å². The first-order valence-corrected chi connectivity index (χ1v) is 9.49. The minimum Gasteiger partial charge on any atom is -0.300 e. The van der Waals surface area contributed by atoms with Gasteiger partial charge in [-0.25, -0.2) is 0 Å². The third kappa shape index (κ3) is 5.12. The summed E-state index contributed by atoms with van der Waals surface area (Å²) in [5.41, 5.74) is 1.28. The zero-order valence-electron chi connectivity index (χ0n) is 13.9. The number of allylic oxidation sites excluding steroid dienone is 1. The Hall–Kier alpha value is -1.74. The van der Waals surface area contributed by atoms with E-state index >= 15 is 0 Å². The Morgan fingerprint density at radius 2 is 2.08 bits per heavy atom. The molecule has 2 aliphatic rings. The van der Waals surface area contributed by atoms with Crippen LogP contribution in [-0.2, 0) is 6.54 Å². The maximum Gasteiger partial charge on any atom is 0.289 e. The summed E-state index contributed by atoms with van der Waals surface area (Å²) in [6, 6.07) is 8.03. The molecule has 25 heavy (non-hydrogen) atoms. The van der Waals surface area contributed by atoms with Gasteiger partial charge in [0.15, 0.2) is 0 Å². The van der Waals surface area contributed by atoms with Gasteiger partial charge in [0, 0.05) is 11.6 Å². The van der Waals surface area contributed by atoms with E-state index in [4.69, 9.17) is 18.0 Å². The third-order valence-electron chi connectivity index (χ3n) is 4.32. The molecule has 3 rings (SSSR count). The Morgan fingerprint density at radius 1 is 1.36 bits per heavy atom. The molecule has 0 aromatic heterocycles. The predicted molar refractivity (Wildman–Crippen MR) is 105 cm³/mol. The lowest BCUT2D eigenvalue weighted by molar-refractivity contribution is 0.195. The van der Waals surface area contributed by atoms with Gasteiger partial charge in [-0.1, -0.05) is 35.7 Å². The lowest BCUT2D eigenvalue weighted by Gasteiger charge is -2.30. The van der Waals surface area contributed by atoms with E-state index in [1.165, 1.54) is 17.3 Å². The molecule has 0 saturated carbocycles. The molecule has 1 aromatic rings. The van der Waals surface area contributed by atoms with Crippen molar-refractivity contribution >= 4 is 34.4 Å². The van der Waals surface area contributed by atoms with Crippen LogP contribution in [0.3, 0.4) is 0 Å². The Morgan fingerprint density at radius 3 is 2.76 bits per heavy atom. The van der Waals surface area contributed by atoms with E-state index in [0.717, 1.165) is 42.4 Å². The van der Waals surface area contributed by atoms with Gasteiger partial charge in [-0.05, 0) is 61.3 Å². The van der Waals surface area contributed by atoms with Crippen molar-refractivity contribution in [3.8, 4) is 12.3 Å². The highest BCUT2D eigenvalue weighted by Gasteiger charge is 2.26. The number of terminal acetylenes is 1. The summed E-state index contributed by atoms with van der Waals surface area (Å²) in [7, 11) is 0. The molecule has 0 unspecified atom stereocenters. The van der Waals surface area contributed by atoms with Crippen LogP contribution in [-0.4, -0.2) is 35.6 Å². The highest BCUT2D eigenvalue weighted by atomic mass is 35.5. The van der Waals surface area contributed by atoms with Crippen LogP contribution in [0.1, 0.15) is 18.4 Å². The number of carbonyl (C=O) groups is 1. The van der Waals surface area contributed by atoms with E-state index in [1.54, 1.807) is 0 Å². The molecule has 130 valence electrons. The number of nitrogens with one attached hydrogen (secondary N) is 1. The molecule has 1 amide bonds. The molecule has 0 spiro atoms. The minimum absolute atomic E-state index is 0.0813. The fourth-order valence-electron chi connectivity index (χ4n) is 3.03. The highest BCUT2D eigenvalue weighted by molar-refractivity contribution is 8.18. The van der Waals surface area contributed by atoms with E-state index in [1.807, 2.05) is 12.1 Å². The zero-order chi connectivity index (χ0) is 17.6. The first-order chi connectivity index (χ1) is 12.1. The lowest BCUT2D eigenvalue weighted by atomic mass is 9.96. The number of nitrogens with zero attached hydrogens (tertiary/aromatic N) is 2. The van der Waals surface area contributed by atoms with Gasteiger partial charge in [0.1, 0.15) is 12.4 Å². The van der Waals surface area contributed by atoms with Crippen LogP contribution in [0.4, 0.5) is 4.79 Å². The molecule has 1 N–H and O–H groups in total. The molecule has 0 bridgehead atoms. The predicted octanol–water partition coefficient (Wildman–Crippen LogP) is 3.92. The van der Waals surface area contributed by atoms with Gasteiger partial charge in [-0.15, -0.1) is 6.42 Å². The van der Waals surface area contributed by atoms with Gasteiger partial charge in [-0.3, -0.25) is 14.7 Å². The Kier molecular flexibility index (Phi) is 6.19. The van der Waals surface area contributed by atoms with Gasteiger partial charge in [0.2, 0.25) is 0 Å². The number of halogens is 1. The Balaban J connectivity index is 1.56. The molecule has 0 aliphatic carbocycles. The number of benzene rings is 1. The molecule has 1 aromatic carbocycles. The fraction of sp³-hybridized carbons (Fsp3) is 0.368. The first-order valence-electron chi connectivity index (χ1n) is 8.30. The summed E-state index contributed by atoms with van der Waals surface area (Å²) in [5.74, 6) is 3.56. The summed E-state index contributed by atoms with van der Waals surface area (Å²) in [6.07, 6.45) is 9.58. The van der Waals surface area contributed by atoms with Gasteiger partial charge in [0.05, 0.1) is 4.91 Å². The van der Waals surface area contributed by atoms with Crippen molar-refractivity contribution < 1.29 is 4.79 Å². The number of amidine groups is 1. The maximum atomic E-state index is 11.6. The van der Waals surface area contributed by atoms with Crippen LogP contribution in [0.5, 0.6) is 0 Å². The van der Waals surface area contributed by atoms with Gasteiger partial charge in [0.25, 0.3) is 5.24 Å². The van der Waals surface area contributed by atoms with Crippen LogP contribution >= 0.6 is 23.4 Å². The average Bonchev–Trinajstić information content (AvgIpc) is 2.96. The summed E-state index contributed by atoms with van der Waals surface area (Å²) in [5, 5.41) is 3.45. The lowest BCUT2D eigenvalue weighted by Crippen LogP contribution is -2.32. The van der Waals surface area contributed by atoms with Crippen molar-refractivity contribution in [2.45, 2.75) is 19.4 Å². The molecule has 0 atom stereocenters. The number of thioether (sulfide) groups is 1. The number of amides is 1. The maximum absolute atomic E-state index is 11.6. The summed E-state index contributed by atoms with van der Waals surface area (Å²) < 4.78 is 0. The van der Waals surface area contributed by atoms with Crippen molar-refractivity contribution in [1.82, 2.24) is 10.2 Å². The Bertz CT molecular complexity index is 728. The molecular weight excluding hydrogens is 354 g/mol. The SMILES string of the molecule is C#CCN=C1NC(=O)SC1=CC1CCN(Cc2ccc(Cl)cc2)CC1. The standard InChI is InChI=1S/C19H20ClN3OS/c1-2-9-21-18-17(25-19(24)22-18)12-14-7-10-23(11-8-14)13-15-3-5-16(20)6-4-15/h1,3-6,12,14H,7-11,13H2,(H,21,22,24). The van der Waals surface area contributed by atoms with E-state index in [-0.39, 0.29) is 11.8 Å². The van der Waals surface area contributed by atoms with Crippen LogP contribution in [0.2, 0.25) is 5.02 Å². The highest BCUT2D eigenvalue weighted by Crippen LogP contribution is 2.29. The van der Waals surface area contributed by atoms with Crippen molar-refractivity contribution in [3.05, 3.63) is 45.8 Å². The van der Waals surface area contributed by atoms with Crippen LogP contribution < -0.4 is 5.32 Å². The second-order valence-corrected chi connectivity index (χ2v) is 7.61. The van der Waals surface area contributed by atoms with Crippen LogP contribution in [0.15, 0.2) is 40.2 Å². The van der Waals surface area contributed by atoms with Gasteiger partial charge >= 0.3 is 0 Å². The largest absolute Gasteiger partial charge is 0.300 e. The molecule has 4 nitrogen and oxygen atoms in total. The zero-order valence-corrected chi connectivity index (χ0v) is 15.4. The normalized spacial score (nSPS) is 22.3. The van der Waals surface area contributed by atoms with Crippen molar-refractivity contribution in [1.29, 1.82) is 0 Å². The number of aliphatic imine (C=N–C) groups is 1. The number of rotatable bonds is 4. The molecule has 2 saturated heterocycles. The second kappa shape index (κ2) is 8.57. The average molecular weight is 374 g/mol. The molecule has 6 heteroatoms.